The summed E-state index contributed by atoms with van der Waals surface area (Å²) < 4.78 is 50.7. The minimum Gasteiger partial charge on any atom is -1.00 e. The molecule has 3 aliphatic rings. The van der Waals surface area contributed by atoms with E-state index >= 15 is 0 Å². The average molecular weight is 912 g/mol. The van der Waals surface area contributed by atoms with E-state index in [0.29, 0.717) is 59.0 Å². The van der Waals surface area contributed by atoms with Gasteiger partial charge in [0.2, 0.25) is 0 Å². The topological polar surface area (TPSA) is 348 Å². The molecule has 0 unspecified atom stereocenters. The summed E-state index contributed by atoms with van der Waals surface area (Å²) >= 11 is 0. The Morgan fingerprint density at radius 1 is 0.639 bits per heavy atom. The van der Waals surface area contributed by atoms with Gasteiger partial charge in [-0.25, -0.2) is 0 Å². The first-order valence-corrected chi connectivity index (χ1v) is 19.0. The van der Waals surface area contributed by atoms with Gasteiger partial charge in [0, 0.05) is 87.3 Å². The zero-order valence-corrected chi connectivity index (χ0v) is 37.3. The molecule has 3 heterocycles. The van der Waals surface area contributed by atoms with Gasteiger partial charge in [0.1, 0.15) is 12.9 Å². The van der Waals surface area contributed by atoms with E-state index in [0.717, 1.165) is 99.2 Å². The van der Waals surface area contributed by atoms with Gasteiger partial charge in [-0.15, -0.1) is 0 Å². The van der Waals surface area contributed by atoms with Crippen LogP contribution in [0.1, 0.15) is 17.7 Å². The monoisotopic (exact) mass is 912 g/mol. The van der Waals surface area contributed by atoms with Crippen molar-refractivity contribution in [2.75, 3.05) is 227 Å². The van der Waals surface area contributed by atoms with Crippen LogP contribution in [0.5, 0.6) is 0 Å². The number of hydrogen-bond acceptors (Lipinski definition) is 21. The number of aliphatic hydroxyl groups is 6. The molecule has 0 spiro atoms. The molecule has 3 rings (SSSR count). The Morgan fingerprint density at radius 3 is 1.25 bits per heavy atom. The molecule has 0 aromatic rings. The zero-order valence-electron chi connectivity index (χ0n) is 39.3. The quantitative estimate of drug-likeness (QED) is 0.0273. The maximum atomic E-state index is 9.47. The summed E-state index contributed by atoms with van der Waals surface area (Å²) in [6, 6.07) is 0. The van der Waals surface area contributed by atoms with Crippen LogP contribution < -0.4 is 22.9 Å². The molecule has 61 heavy (non-hydrogen) atoms. The van der Waals surface area contributed by atoms with Crippen molar-refractivity contribution in [3.63, 3.8) is 0 Å². The molecule has 0 saturated carbocycles. The van der Waals surface area contributed by atoms with E-state index in [1.54, 1.807) is 21.3 Å². The van der Waals surface area contributed by atoms with Crippen LogP contribution in [0.25, 0.3) is 0 Å². The second-order valence-corrected chi connectivity index (χ2v) is 10.4. The predicted molar refractivity (Wildman–Crippen MR) is 241 cm³/mol. The molecule has 0 aromatic carbocycles. The van der Waals surface area contributed by atoms with Crippen molar-refractivity contribution in [1.29, 1.82) is 0 Å². The first kappa shape index (κ1) is 83.2. The SMILES string of the molecule is C.C.C1COCCN1.CN1CCOCC1.CO.COCCN.COCCN1CCOCC1.COCCO.NCCOCCO.O=CCOCCO.OCCOCCO.[C-]#[O+].[H+].[H-].[NH4+]. The fraction of sp³-hybridized carbons (Fsp3) is 0.947. The Balaban J connectivity index is -0.0000000465. The number of likely N-dealkylation sites (N-methyl/N-ethyl adjacent to an activating group) is 1. The number of nitrogens with zero attached hydrogens (tertiary/aromatic N) is 2. The summed E-state index contributed by atoms with van der Waals surface area (Å²) in [6.45, 7) is 22.5. The van der Waals surface area contributed by atoms with Gasteiger partial charge in [0.25, 0.3) is 0 Å². The maximum Gasteiger partial charge on any atom is 1.00 e. The fourth-order valence-electron chi connectivity index (χ4n) is 3.10. The largest absolute Gasteiger partial charge is 1.00 e. The molecule has 0 bridgehead atoms. The van der Waals surface area contributed by atoms with Crippen LogP contribution >= 0.6 is 0 Å². The molecule has 0 amide bonds. The summed E-state index contributed by atoms with van der Waals surface area (Å²) in [5.41, 5.74) is 10.1. The predicted octanol–water partition coefficient (Wildman–Crippen LogP) is -2.68. The van der Waals surface area contributed by atoms with Crippen molar-refractivity contribution in [3.8, 4) is 0 Å². The summed E-state index contributed by atoms with van der Waals surface area (Å²) in [5.74, 6) is 0. The molecule has 3 saturated heterocycles. The second kappa shape index (κ2) is 97.7. The standard InChI is InChI=1S/C7H15NO2.C5H11NO.C4H11NO2.C4H9NO.C4H10O3.C4H8O3.C3H9NO.C3H8O2.CH4O.CO.2CH4.H3N.H/c1-9-5-2-8-3-6-10-7-4-8;1-6-2-4-7-5-3-6;5-1-3-7-4-2-6;1-3-6-4-2-5-1;2*5-1-3-7-4-2-6;2*1-5-3-2-4;2*1-2;;;;/h2-7H2,1H3;2-5H2,1H3;6H,1-5H2;5H,1-4H2;5-6H,1-4H2;1,6H,2-4H2;2-4H2,1H3;4H,2-3H2,1H3;2H,1H3;;2*1H4;1H3;/q;;;;;;;;;;;;;-1/p+2. The first-order chi connectivity index (χ1) is 28.4. The van der Waals surface area contributed by atoms with E-state index in [2.05, 4.69) is 47.8 Å². The minimum atomic E-state index is -0.0200. The maximum absolute atomic E-state index is 9.47. The van der Waals surface area contributed by atoms with Crippen molar-refractivity contribution in [1.82, 2.24) is 21.3 Å². The number of rotatable bonds is 19. The molecule has 15 N–H and O–H groups in total. The molecular formula is C38H99N6O17+. The number of carbonyl (C=O) groups excluding carboxylic acids is 1. The number of quaternary nitrogens is 1. The Kier molecular flexibility index (Phi) is 133. The van der Waals surface area contributed by atoms with Crippen molar-refractivity contribution in [2.24, 2.45) is 11.5 Å². The van der Waals surface area contributed by atoms with E-state index in [9.17, 15) is 4.79 Å². The molecule has 3 aliphatic heterocycles. The molecule has 0 atom stereocenters. The molecule has 23 heteroatoms. The number of aliphatic hydroxyl groups excluding tert-OH is 6. The first-order valence-electron chi connectivity index (χ1n) is 19.0. The second-order valence-electron chi connectivity index (χ2n) is 10.4. The number of nitrogens with two attached hydrogens (primary N) is 2. The number of nitrogens with one attached hydrogen (secondary N) is 1. The summed E-state index contributed by atoms with van der Waals surface area (Å²) in [5, 5.41) is 50.5. The van der Waals surface area contributed by atoms with Crippen molar-refractivity contribution in [3.05, 3.63) is 6.65 Å². The van der Waals surface area contributed by atoms with Gasteiger partial charge in [-0.05, 0) is 7.05 Å². The molecule has 0 aliphatic carbocycles. The Labute approximate surface area is 372 Å². The van der Waals surface area contributed by atoms with E-state index < -0.39 is 0 Å². The molecule has 0 radical (unpaired) electrons. The third-order valence-electron chi connectivity index (χ3n) is 5.80. The van der Waals surface area contributed by atoms with Crippen LogP contribution in [-0.2, 0) is 52.1 Å². The Hall–Kier alpha value is -1.43. The average Bonchev–Trinajstić information content (AvgIpc) is 3.28. The van der Waals surface area contributed by atoms with Gasteiger partial charge < -0.3 is 107 Å². The minimum absolute atomic E-state index is 0. The van der Waals surface area contributed by atoms with Gasteiger partial charge in [0.05, 0.1) is 126 Å². The van der Waals surface area contributed by atoms with E-state index in [1.807, 2.05) is 0 Å². The number of morpholine rings is 3. The Morgan fingerprint density at radius 2 is 1.00 bits per heavy atom. The smallest absolute Gasteiger partial charge is 1.00 e. The molecule has 0 aromatic heterocycles. The number of methoxy groups -OCH3 is 3. The number of aldehydes is 1. The third kappa shape index (κ3) is 114. The van der Waals surface area contributed by atoms with Crippen molar-refractivity contribution in [2.45, 2.75) is 14.9 Å². The number of hydrogen-bond donors (Lipinski definition) is 10. The van der Waals surface area contributed by atoms with Crippen LogP contribution in [0.15, 0.2) is 0 Å². The van der Waals surface area contributed by atoms with Gasteiger partial charge >= 0.3 is 12.7 Å². The molecular weight excluding hydrogens is 812 g/mol. The van der Waals surface area contributed by atoms with E-state index in [1.165, 1.54) is 0 Å². The number of carbonyl (C=O) groups is 1. The van der Waals surface area contributed by atoms with Crippen LogP contribution in [0, 0.1) is 6.65 Å². The van der Waals surface area contributed by atoms with Crippen molar-refractivity contribution >= 4 is 6.29 Å². The van der Waals surface area contributed by atoms with Gasteiger partial charge in [-0.1, -0.05) is 14.9 Å². The van der Waals surface area contributed by atoms with Gasteiger partial charge in [-0.3, -0.25) is 4.90 Å². The molecule has 23 nitrogen and oxygen atoms in total. The third-order valence-corrected chi connectivity index (χ3v) is 5.80. The van der Waals surface area contributed by atoms with Crippen molar-refractivity contribution < 1.29 is 85.6 Å². The Bertz CT molecular complexity index is 606. The van der Waals surface area contributed by atoms with Crippen LogP contribution in [0.4, 0.5) is 0 Å². The van der Waals surface area contributed by atoms with Crippen LogP contribution in [0.3, 0.4) is 0 Å². The summed E-state index contributed by atoms with van der Waals surface area (Å²) in [6.07, 6.45) is 0.648. The van der Waals surface area contributed by atoms with E-state index in [-0.39, 0.29) is 70.1 Å². The molecule has 382 valence electrons. The fourth-order valence-corrected chi connectivity index (χ4v) is 3.10. The van der Waals surface area contributed by atoms with Crippen LogP contribution in [0.2, 0.25) is 0 Å². The van der Waals surface area contributed by atoms with Gasteiger partial charge in [-0.2, -0.15) is 0 Å². The summed E-state index contributed by atoms with van der Waals surface area (Å²) in [7, 11) is 8.03. The van der Waals surface area contributed by atoms with E-state index in [4.69, 9.17) is 70.4 Å². The normalized spacial score (nSPS) is 13.4. The van der Waals surface area contributed by atoms with Crippen LogP contribution in [-0.4, -0.2) is 273 Å². The molecule has 3 fully saturated rings. The summed E-state index contributed by atoms with van der Waals surface area (Å²) in [4.78, 5) is 14.1. The number of ether oxygens (including phenoxy) is 9. The zero-order chi connectivity index (χ0) is 45.4. The van der Waals surface area contributed by atoms with Gasteiger partial charge in [0.15, 0.2) is 0 Å².